The van der Waals surface area contributed by atoms with E-state index < -0.39 is 15.1 Å². The predicted molar refractivity (Wildman–Crippen MR) is 50.2 cm³/mol. The molecule has 0 aliphatic carbocycles. The molecule has 2 N–H and O–H groups in total. The quantitative estimate of drug-likeness (QED) is 0.772. The minimum absolute atomic E-state index is 0.238. The monoisotopic (exact) mass is 216 g/mol. The molecule has 2 rings (SSSR count). The molecule has 0 spiro atoms. The van der Waals surface area contributed by atoms with Crippen LogP contribution in [0.2, 0.25) is 0 Å². The molecule has 0 aromatic carbocycles. The molecule has 1 atom stereocenters. The molecule has 1 saturated heterocycles. The van der Waals surface area contributed by atoms with Gasteiger partial charge in [0.15, 0.2) is 15.6 Å². The highest BCUT2D eigenvalue weighted by Crippen LogP contribution is 2.35. The van der Waals surface area contributed by atoms with Crippen LogP contribution in [0.25, 0.3) is 0 Å². The van der Waals surface area contributed by atoms with E-state index in [1.807, 2.05) is 0 Å². The van der Waals surface area contributed by atoms with E-state index in [1.165, 1.54) is 6.20 Å². The van der Waals surface area contributed by atoms with E-state index in [1.54, 1.807) is 0 Å². The Labute approximate surface area is 82.2 Å². The third kappa shape index (κ3) is 1.44. The van der Waals surface area contributed by atoms with Crippen molar-refractivity contribution in [2.45, 2.75) is 24.6 Å². The molecule has 1 unspecified atom stereocenters. The normalized spacial score (nSPS) is 25.4. The van der Waals surface area contributed by atoms with Gasteiger partial charge in [0.2, 0.25) is 0 Å². The molecular weight excluding hydrogens is 204 g/mol. The van der Waals surface area contributed by atoms with Crippen LogP contribution in [-0.2, 0) is 16.4 Å². The Morgan fingerprint density at radius 2 is 2.43 bits per heavy atom. The number of hydrogen-bond donors (Lipinski definition) is 1. The average molecular weight is 216 g/mol. The maximum atomic E-state index is 11.6. The Kier molecular flexibility index (Phi) is 2.32. The molecule has 1 aromatic rings. The highest BCUT2D eigenvalue weighted by Gasteiger charge is 2.36. The second-order valence-corrected chi connectivity index (χ2v) is 5.72. The topological polar surface area (TPSA) is 86.2 Å². The lowest BCUT2D eigenvalue weighted by atomic mass is 10.1. The SMILES string of the molecule is NCc1cnoc1C1CCCS1(=O)=O. The molecule has 1 fully saturated rings. The molecule has 0 saturated carbocycles. The Bertz CT molecular complexity index is 424. The minimum Gasteiger partial charge on any atom is -0.360 e. The Balaban J connectivity index is 2.40. The fourth-order valence-corrected chi connectivity index (χ4v) is 3.67. The van der Waals surface area contributed by atoms with Crippen LogP contribution < -0.4 is 5.73 Å². The standard InChI is InChI=1S/C8H12N2O3S/c9-4-6-5-10-13-8(6)7-2-1-3-14(7,11)12/h5,7H,1-4,9H2. The Hall–Kier alpha value is -0.880. The summed E-state index contributed by atoms with van der Waals surface area (Å²) in [5.74, 6) is 0.674. The first kappa shape index (κ1) is 9.67. The van der Waals surface area contributed by atoms with Gasteiger partial charge in [-0.3, -0.25) is 0 Å². The van der Waals surface area contributed by atoms with E-state index in [-0.39, 0.29) is 12.3 Å². The molecule has 1 aromatic heterocycles. The summed E-state index contributed by atoms with van der Waals surface area (Å²) in [4.78, 5) is 0. The molecular formula is C8H12N2O3S. The summed E-state index contributed by atoms with van der Waals surface area (Å²) in [6.07, 6.45) is 2.80. The highest BCUT2D eigenvalue weighted by atomic mass is 32.2. The summed E-state index contributed by atoms with van der Waals surface area (Å²) in [6.45, 7) is 0.269. The second-order valence-electron chi connectivity index (χ2n) is 3.42. The number of hydrogen-bond acceptors (Lipinski definition) is 5. The fraction of sp³-hybridized carbons (Fsp3) is 0.625. The van der Waals surface area contributed by atoms with Crippen molar-refractivity contribution in [1.82, 2.24) is 5.16 Å². The molecule has 0 amide bonds. The van der Waals surface area contributed by atoms with Crippen molar-refractivity contribution in [2.75, 3.05) is 5.75 Å². The van der Waals surface area contributed by atoms with Gasteiger partial charge in [-0.15, -0.1) is 0 Å². The first-order valence-corrected chi connectivity index (χ1v) is 6.22. The molecule has 1 aliphatic rings. The van der Waals surface area contributed by atoms with Crippen LogP contribution in [0.15, 0.2) is 10.7 Å². The summed E-state index contributed by atoms with van der Waals surface area (Å²) in [5.41, 5.74) is 6.15. The summed E-state index contributed by atoms with van der Waals surface area (Å²) in [7, 11) is -3.03. The summed E-state index contributed by atoms with van der Waals surface area (Å²) >= 11 is 0. The molecule has 78 valence electrons. The van der Waals surface area contributed by atoms with E-state index in [0.29, 0.717) is 24.2 Å². The van der Waals surface area contributed by atoms with Crippen molar-refractivity contribution in [1.29, 1.82) is 0 Å². The van der Waals surface area contributed by atoms with Gasteiger partial charge in [0, 0.05) is 12.1 Å². The highest BCUT2D eigenvalue weighted by molar-refractivity contribution is 7.91. The first-order chi connectivity index (χ1) is 6.65. The first-order valence-electron chi connectivity index (χ1n) is 4.50. The van der Waals surface area contributed by atoms with Gasteiger partial charge in [0.25, 0.3) is 0 Å². The minimum atomic E-state index is -3.03. The lowest BCUT2D eigenvalue weighted by molar-refractivity contribution is 0.375. The van der Waals surface area contributed by atoms with E-state index in [4.69, 9.17) is 10.3 Å². The van der Waals surface area contributed by atoms with Gasteiger partial charge in [-0.05, 0) is 12.8 Å². The number of nitrogens with two attached hydrogens (primary N) is 1. The third-order valence-electron chi connectivity index (χ3n) is 2.52. The van der Waals surface area contributed by atoms with Crippen LogP contribution in [-0.4, -0.2) is 19.3 Å². The van der Waals surface area contributed by atoms with Gasteiger partial charge in [-0.25, -0.2) is 8.42 Å². The van der Waals surface area contributed by atoms with Gasteiger partial charge in [0.1, 0.15) is 5.25 Å². The van der Waals surface area contributed by atoms with E-state index >= 15 is 0 Å². The number of sulfone groups is 1. The summed E-state index contributed by atoms with van der Waals surface area (Å²) in [6, 6.07) is 0. The van der Waals surface area contributed by atoms with Gasteiger partial charge >= 0.3 is 0 Å². The van der Waals surface area contributed by atoms with Gasteiger partial charge in [0.05, 0.1) is 11.9 Å². The van der Waals surface area contributed by atoms with Crippen molar-refractivity contribution >= 4 is 9.84 Å². The third-order valence-corrected chi connectivity index (χ3v) is 4.69. The van der Waals surface area contributed by atoms with Crippen LogP contribution in [0, 0.1) is 0 Å². The lowest BCUT2D eigenvalue weighted by Gasteiger charge is -2.05. The zero-order chi connectivity index (χ0) is 10.2. The molecule has 14 heavy (non-hydrogen) atoms. The van der Waals surface area contributed by atoms with Crippen LogP contribution in [0.1, 0.15) is 29.4 Å². The largest absolute Gasteiger partial charge is 0.360 e. The van der Waals surface area contributed by atoms with Crippen LogP contribution in [0.3, 0.4) is 0 Å². The molecule has 0 bridgehead atoms. The predicted octanol–water partition coefficient (Wildman–Crippen LogP) is 0.383. The fourth-order valence-electron chi connectivity index (χ4n) is 1.77. The Morgan fingerprint density at radius 1 is 1.64 bits per heavy atom. The molecule has 2 heterocycles. The number of nitrogens with zero attached hydrogens (tertiary/aromatic N) is 1. The maximum absolute atomic E-state index is 11.6. The van der Waals surface area contributed by atoms with E-state index in [2.05, 4.69) is 5.16 Å². The smallest absolute Gasteiger partial charge is 0.160 e. The number of aromatic nitrogens is 1. The average Bonchev–Trinajstić information content (AvgIpc) is 2.69. The van der Waals surface area contributed by atoms with Gasteiger partial charge in [-0.2, -0.15) is 0 Å². The molecule has 1 aliphatic heterocycles. The van der Waals surface area contributed by atoms with E-state index in [9.17, 15) is 8.42 Å². The van der Waals surface area contributed by atoms with Crippen molar-refractivity contribution in [2.24, 2.45) is 5.73 Å². The Morgan fingerprint density at radius 3 is 3.00 bits per heavy atom. The van der Waals surface area contributed by atoms with Crippen LogP contribution >= 0.6 is 0 Å². The van der Waals surface area contributed by atoms with Crippen molar-refractivity contribution in [3.63, 3.8) is 0 Å². The molecule has 0 radical (unpaired) electrons. The summed E-state index contributed by atoms with van der Waals surface area (Å²) in [5, 5.41) is 3.06. The lowest BCUT2D eigenvalue weighted by Crippen LogP contribution is -2.10. The van der Waals surface area contributed by atoms with Gasteiger partial charge in [-0.1, -0.05) is 5.16 Å². The second kappa shape index (κ2) is 3.36. The van der Waals surface area contributed by atoms with Crippen molar-refractivity contribution in [3.8, 4) is 0 Å². The van der Waals surface area contributed by atoms with Gasteiger partial charge < -0.3 is 10.3 Å². The summed E-state index contributed by atoms with van der Waals surface area (Å²) < 4.78 is 28.2. The number of rotatable bonds is 2. The zero-order valence-electron chi connectivity index (χ0n) is 7.64. The van der Waals surface area contributed by atoms with Crippen molar-refractivity contribution < 1.29 is 12.9 Å². The molecule has 6 heteroatoms. The van der Waals surface area contributed by atoms with Crippen LogP contribution in [0.4, 0.5) is 0 Å². The van der Waals surface area contributed by atoms with Crippen LogP contribution in [0.5, 0.6) is 0 Å². The molecule has 5 nitrogen and oxygen atoms in total. The maximum Gasteiger partial charge on any atom is 0.160 e. The zero-order valence-corrected chi connectivity index (χ0v) is 8.46. The van der Waals surface area contributed by atoms with E-state index in [0.717, 1.165) is 0 Å². The van der Waals surface area contributed by atoms with Crippen molar-refractivity contribution in [3.05, 3.63) is 17.5 Å².